The second-order valence-corrected chi connectivity index (χ2v) is 5.09. The normalized spacial score (nSPS) is 15.5. The van der Waals surface area contributed by atoms with Gasteiger partial charge in [-0.2, -0.15) is 0 Å². The third-order valence-electron chi connectivity index (χ3n) is 3.52. The first-order valence-electron chi connectivity index (χ1n) is 6.47. The van der Waals surface area contributed by atoms with Gasteiger partial charge in [0.05, 0.1) is 0 Å². The molecule has 0 aromatic heterocycles. The molecule has 1 saturated carbocycles. The first-order valence-corrected chi connectivity index (χ1v) is 6.47. The van der Waals surface area contributed by atoms with Crippen LogP contribution in [0.3, 0.4) is 0 Å². The largest absolute Gasteiger partial charge is 0.478 e. The van der Waals surface area contributed by atoms with E-state index in [2.05, 4.69) is 0 Å². The number of nitrogens with zero attached hydrogens (tertiary/aromatic N) is 1. The van der Waals surface area contributed by atoms with Gasteiger partial charge in [0.1, 0.15) is 5.82 Å². The molecule has 0 unspecified atom stereocenters. The summed E-state index contributed by atoms with van der Waals surface area (Å²) in [5.74, 6) is -0.678. The minimum atomic E-state index is -1.03. The Morgan fingerprint density at radius 3 is 2.79 bits per heavy atom. The summed E-state index contributed by atoms with van der Waals surface area (Å²) in [5, 5.41) is 8.59. The summed E-state index contributed by atoms with van der Waals surface area (Å²) in [7, 11) is 1.94. The van der Waals surface area contributed by atoms with Crippen LogP contribution < -0.4 is 4.90 Å². The summed E-state index contributed by atoms with van der Waals surface area (Å²) in [6.45, 7) is 0.922. The van der Waals surface area contributed by atoms with E-state index in [0.717, 1.165) is 18.3 Å². The summed E-state index contributed by atoms with van der Waals surface area (Å²) in [5.41, 5.74) is 1.36. The lowest BCUT2D eigenvalue weighted by atomic mass is 9.85. The smallest absolute Gasteiger partial charge is 0.328 e. The number of carbonyl (C=O) groups is 1. The Labute approximate surface area is 112 Å². The zero-order chi connectivity index (χ0) is 13.8. The molecule has 0 radical (unpaired) electrons. The molecule has 1 aromatic rings. The van der Waals surface area contributed by atoms with Gasteiger partial charge in [-0.3, -0.25) is 0 Å². The topological polar surface area (TPSA) is 40.5 Å². The van der Waals surface area contributed by atoms with Crippen molar-refractivity contribution in [2.45, 2.75) is 19.3 Å². The number of anilines is 1. The van der Waals surface area contributed by atoms with Crippen LogP contribution in [0.5, 0.6) is 0 Å². The van der Waals surface area contributed by atoms with Crippen molar-refractivity contribution in [2.75, 3.05) is 18.5 Å². The highest BCUT2D eigenvalue weighted by Gasteiger charge is 2.19. The van der Waals surface area contributed by atoms with Gasteiger partial charge in [-0.25, -0.2) is 9.18 Å². The molecule has 1 aliphatic rings. The molecule has 4 heteroatoms. The minimum absolute atomic E-state index is 0.344. The minimum Gasteiger partial charge on any atom is -0.478 e. The van der Waals surface area contributed by atoms with Crippen LogP contribution in [-0.4, -0.2) is 24.7 Å². The maximum absolute atomic E-state index is 13.5. The van der Waals surface area contributed by atoms with Crippen LogP contribution in [0.2, 0.25) is 0 Å². The Balaban J connectivity index is 2.12. The van der Waals surface area contributed by atoms with Crippen molar-refractivity contribution in [3.05, 3.63) is 35.7 Å². The second kappa shape index (κ2) is 5.87. The summed E-state index contributed by atoms with van der Waals surface area (Å²) in [4.78, 5) is 12.5. The van der Waals surface area contributed by atoms with Gasteiger partial charge >= 0.3 is 5.97 Å². The Morgan fingerprint density at radius 2 is 2.21 bits per heavy atom. The molecule has 0 amide bonds. The van der Waals surface area contributed by atoms with Crippen molar-refractivity contribution in [3.8, 4) is 0 Å². The van der Waals surface area contributed by atoms with E-state index in [4.69, 9.17) is 5.11 Å². The van der Waals surface area contributed by atoms with Gasteiger partial charge in [0.2, 0.25) is 0 Å². The molecule has 0 saturated heterocycles. The highest BCUT2D eigenvalue weighted by Crippen LogP contribution is 2.29. The zero-order valence-corrected chi connectivity index (χ0v) is 11.0. The van der Waals surface area contributed by atoms with Crippen LogP contribution in [0.15, 0.2) is 24.3 Å². The van der Waals surface area contributed by atoms with Gasteiger partial charge in [0.25, 0.3) is 0 Å². The molecule has 1 aromatic carbocycles. The monoisotopic (exact) mass is 263 g/mol. The number of aliphatic carboxylic acids is 1. The third kappa shape index (κ3) is 3.81. The lowest BCUT2D eigenvalue weighted by molar-refractivity contribution is -0.131. The van der Waals surface area contributed by atoms with E-state index in [0.29, 0.717) is 11.5 Å². The number of hydrogen-bond donors (Lipinski definition) is 1. The zero-order valence-electron chi connectivity index (χ0n) is 11.0. The van der Waals surface area contributed by atoms with E-state index < -0.39 is 5.97 Å². The molecule has 0 spiro atoms. The van der Waals surface area contributed by atoms with Crippen LogP contribution >= 0.6 is 0 Å². The molecule has 0 atom stereocenters. The molecule has 3 nitrogen and oxygen atoms in total. The van der Waals surface area contributed by atoms with Gasteiger partial charge < -0.3 is 10.0 Å². The summed E-state index contributed by atoms with van der Waals surface area (Å²) in [6.07, 6.45) is 6.20. The number of rotatable bonds is 5. The van der Waals surface area contributed by atoms with Gasteiger partial charge in [-0.05, 0) is 48.6 Å². The Bertz CT molecular complexity index is 495. The molecular formula is C15H18FNO2. The predicted octanol–water partition coefficient (Wildman–Crippen LogP) is 3.16. The molecule has 2 rings (SSSR count). The van der Waals surface area contributed by atoms with Crippen molar-refractivity contribution >= 4 is 17.7 Å². The summed E-state index contributed by atoms with van der Waals surface area (Å²) >= 11 is 0. The van der Waals surface area contributed by atoms with Gasteiger partial charge in [-0.15, -0.1) is 0 Å². The van der Waals surface area contributed by atoms with Crippen LogP contribution in [0.25, 0.3) is 6.08 Å². The fourth-order valence-corrected chi connectivity index (χ4v) is 2.25. The SMILES string of the molecule is CN(CC1CCC1)c1cc(F)cc(/C=C/C(=O)O)c1. The Hall–Kier alpha value is -1.84. The van der Waals surface area contributed by atoms with E-state index in [9.17, 15) is 9.18 Å². The molecule has 1 aliphatic carbocycles. The lowest BCUT2D eigenvalue weighted by Gasteiger charge is -2.31. The van der Waals surface area contributed by atoms with E-state index in [-0.39, 0.29) is 5.82 Å². The van der Waals surface area contributed by atoms with Gasteiger partial charge in [0.15, 0.2) is 0 Å². The molecule has 0 heterocycles. The molecule has 0 bridgehead atoms. The van der Waals surface area contributed by atoms with Crippen molar-refractivity contribution in [3.63, 3.8) is 0 Å². The van der Waals surface area contributed by atoms with Crippen LogP contribution in [-0.2, 0) is 4.79 Å². The number of carboxylic acid groups (broad SMARTS) is 1. The Kier molecular flexibility index (Phi) is 4.20. The highest BCUT2D eigenvalue weighted by atomic mass is 19.1. The fourth-order valence-electron chi connectivity index (χ4n) is 2.25. The lowest BCUT2D eigenvalue weighted by Crippen LogP contribution is -2.29. The first-order chi connectivity index (χ1) is 9.04. The number of benzene rings is 1. The first kappa shape index (κ1) is 13.6. The summed E-state index contributed by atoms with van der Waals surface area (Å²) < 4.78 is 13.5. The second-order valence-electron chi connectivity index (χ2n) is 5.09. The average molecular weight is 263 g/mol. The predicted molar refractivity (Wildman–Crippen MR) is 73.7 cm³/mol. The molecule has 102 valence electrons. The van der Waals surface area contributed by atoms with E-state index in [1.54, 1.807) is 6.07 Å². The molecule has 19 heavy (non-hydrogen) atoms. The number of carboxylic acids is 1. The number of halogens is 1. The van der Waals surface area contributed by atoms with Crippen LogP contribution in [0.4, 0.5) is 10.1 Å². The quantitative estimate of drug-likeness (QED) is 0.830. The number of hydrogen-bond acceptors (Lipinski definition) is 2. The van der Waals surface area contributed by atoms with Crippen molar-refractivity contribution in [1.29, 1.82) is 0 Å². The molecule has 0 aliphatic heterocycles. The van der Waals surface area contributed by atoms with E-state index in [1.165, 1.54) is 37.5 Å². The fraction of sp³-hybridized carbons (Fsp3) is 0.400. The van der Waals surface area contributed by atoms with Crippen LogP contribution in [0.1, 0.15) is 24.8 Å². The highest BCUT2D eigenvalue weighted by molar-refractivity contribution is 5.85. The molecule has 1 N–H and O–H groups in total. The van der Waals surface area contributed by atoms with E-state index in [1.807, 2.05) is 11.9 Å². The van der Waals surface area contributed by atoms with Crippen molar-refractivity contribution < 1.29 is 14.3 Å². The third-order valence-corrected chi connectivity index (χ3v) is 3.52. The molecular weight excluding hydrogens is 245 g/mol. The average Bonchev–Trinajstić information content (AvgIpc) is 2.30. The standard InChI is InChI=1S/C15H18FNO2/c1-17(10-11-3-2-4-11)14-8-12(5-6-15(18)19)7-13(16)9-14/h5-9,11H,2-4,10H2,1H3,(H,18,19)/b6-5+. The van der Waals surface area contributed by atoms with Gasteiger partial charge in [0, 0.05) is 25.4 Å². The van der Waals surface area contributed by atoms with E-state index >= 15 is 0 Å². The maximum atomic E-state index is 13.5. The van der Waals surface area contributed by atoms with Crippen LogP contribution in [0, 0.1) is 11.7 Å². The maximum Gasteiger partial charge on any atom is 0.328 e. The van der Waals surface area contributed by atoms with Gasteiger partial charge in [-0.1, -0.05) is 6.42 Å². The van der Waals surface area contributed by atoms with Crippen molar-refractivity contribution in [2.24, 2.45) is 5.92 Å². The molecule has 1 fully saturated rings. The van der Waals surface area contributed by atoms with Crippen molar-refractivity contribution in [1.82, 2.24) is 0 Å². The Morgan fingerprint density at radius 1 is 1.47 bits per heavy atom. The summed E-state index contributed by atoms with van der Waals surface area (Å²) in [6, 6.07) is 4.62.